The minimum absolute atomic E-state index is 0.0152. The lowest BCUT2D eigenvalue weighted by molar-refractivity contribution is 0.821. The lowest BCUT2D eigenvalue weighted by atomic mass is 10.2. The highest BCUT2D eigenvalue weighted by molar-refractivity contribution is 6.33. The summed E-state index contributed by atoms with van der Waals surface area (Å²) in [6.45, 7) is 1.89. The van der Waals surface area contributed by atoms with Gasteiger partial charge in [-0.1, -0.05) is 11.6 Å². The molecule has 1 rings (SSSR count). The summed E-state index contributed by atoms with van der Waals surface area (Å²) < 4.78 is 0. The number of hydrogen-bond donors (Lipinski definition) is 1. The van der Waals surface area contributed by atoms with Crippen LogP contribution < -0.4 is 5.32 Å². The summed E-state index contributed by atoms with van der Waals surface area (Å²) in [5.74, 6) is 0. The van der Waals surface area contributed by atoms with E-state index in [4.69, 9.17) is 22.1 Å². The number of rotatable bonds is 3. The lowest BCUT2D eigenvalue weighted by Gasteiger charge is -2.13. The Labute approximate surface area is 93.9 Å². The van der Waals surface area contributed by atoms with Crippen molar-refractivity contribution in [1.29, 1.82) is 10.5 Å². The Morgan fingerprint density at radius 3 is 2.80 bits per heavy atom. The third-order valence-corrected chi connectivity index (χ3v) is 2.22. The number of benzene rings is 1. The maximum Gasteiger partial charge on any atom is 0.0992 e. The Bertz CT molecular complexity index is 428. The zero-order valence-corrected chi connectivity index (χ0v) is 9.04. The van der Waals surface area contributed by atoms with Crippen molar-refractivity contribution in [1.82, 2.24) is 0 Å². The van der Waals surface area contributed by atoms with E-state index >= 15 is 0 Å². The van der Waals surface area contributed by atoms with E-state index in [9.17, 15) is 0 Å². The molecule has 0 aliphatic carbocycles. The van der Waals surface area contributed by atoms with Gasteiger partial charge in [0.2, 0.25) is 0 Å². The van der Waals surface area contributed by atoms with Crippen LogP contribution in [0, 0.1) is 22.7 Å². The maximum atomic E-state index is 8.72. The first kappa shape index (κ1) is 11.4. The van der Waals surface area contributed by atoms with Crippen LogP contribution in [0.15, 0.2) is 18.2 Å². The van der Waals surface area contributed by atoms with Gasteiger partial charge in [0.15, 0.2) is 0 Å². The van der Waals surface area contributed by atoms with Crippen LogP contribution in [-0.4, -0.2) is 6.04 Å². The van der Waals surface area contributed by atoms with Crippen molar-refractivity contribution in [3.05, 3.63) is 28.8 Å². The molecular formula is C11H10ClN3. The summed E-state index contributed by atoms with van der Waals surface area (Å²) in [6, 6.07) is 9.12. The van der Waals surface area contributed by atoms with Crippen LogP contribution in [0.25, 0.3) is 0 Å². The molecule has 0 fully saturated rings. The van der Waals surface area contributed by atoms with Crippen LogP contribution in [-0.2, 0) is 0 Å². The largest absolute Gasteiger partial charge is 0.380 e. The minimum atomic E-state index is 0.0152. The van der Waals surface area contributed by atoms with E-state index < -0.39 is 0 Å². The number of halogens is 1. The van der Waals surface area contributed by atoms with Gasteiger partial charge in [-0.15, -0.1) is 0 Å². The SMILES string of the molecule is CC(CC#N)Nc1cc(C#N)ccc1Cl. The predicted octanol–water partition coefficient (Wildman–Crippen LogP) is 2.93. The van der Waals surface area contributed by atoms with Gasteiger partial charge in [-0.05, 0) is 25.1 Å². The molecule has 4 heteroatoms. The van der Waals surface area contributed by atoms with Gasteiger partial charge < -0.3 is 5.32 Å². The molecule has 1 aromatic carbocycles. The second-order valence-corrected chi connectivity index (χ2v) is 3.62. The summed E-state index contributed by atoms with van der Waals surface area (Å²) in [5, 5.41) is 20.9. The van der Waals surface area contributed by atoms with Crippen molar-refractivity contribution in [3.63, 3.8) is 0 Å². The second-order valence-electron chi connectivity index (χ2n) is 3.21. The van der Waals surface area contributed by atoms with E-state index in [1.54, 1.807) is 18.2 Å². The van der Waals surface area contributed by atoms with Crippen LogP contribution in [0.5, 0.6) is 0 Å². The van der Waals surface area contributed by atoms with Crippen molar-refractivity contribution in [2.24, 2.45) is 0 Å². The Morgan fingerprint density at radius 1 is 1.47 bits per heavy atom. The Hall–Kier alpha value is -1.71. The second kappa shape index (κ2) is 5.24. The van der Waals surface area contributed by atoms with Gasteiger partial charge in [-0.25, -0.2) is 0 Å². The summed E-state index contributed by atoms with van der Waals surface area (Å²) >= 11 is 5.94. The quantitative estimate of drug-likeness (QED) is 0.850. The maximum absolute atomic E-state index is 8.72. The van der Waals surface area contributed by atoms with E-state index in [0.717, 1.165) is 0 Å². The molecule has 3 nitrogen and oxygen atoms in total. The molecule has 1 atom stereocenters. The van der Waals surface area contributed by atoms with Crippen LogP contribution in [0.1, 0.15) is 18.9 Å². The Balaban J connectivity index is 2.85. The third-order valence-electron chi connectivity index (χ3n) is 1.89. The number of nitrogens with zero attached hydrogens (tertiary/aromatic N) is 2. The van der Waals surface area contributed by atoms with E-state index in [1.165, 1.54) is 0 Å². The van der Waals surface area contributed by atoms with Gasteiger partial charge in [0.25, 0.3) is 0 Å². The molecule has 76 valence electrons. The number of nitrogens with one attached hydrogen (secondary N) is 1. The average molecular weight is 220 g/mol. The number of anilines is 1. The first-order chi connectivity index (χ1) is 7.17. The lowest BCUT2D eigenvalue weighted by Crippen LogP contribution is -2.14. The van der Waals surface area contributed by atoms with E-state index in [2.05, 4.69) is 11.4 Å². The van der Waals surface area contributed by atoms with Gasteiger partial charge in [-0.2, -0.15) is 10.5 Å². The molecule has 0 amide bonds. The van der Waals surface area contributed by atoms with E-state index in [1.807, 2.05) is 13.0 Å². The molecule has 0 aliphatic heterocycles. The van der Waals surface area contributed by atoms with Crippen molar-refractivity contribution in [2.45, 2.75) is 19.4 Å². The van der Waals surface area contributed by atoms with Crippen molar-refractivity contribution >= 4 is 17.3 Å². The number of nitriles is 2. The summed E-state index contributed by atoms with van der Waals surface area (Å²) in [4.78, 5) is 0. The third kappa shape index (κ3) is 3.16. The van der Waals surface area contributed by atoms with Crippen LogP contribution >= 0.6 is 11.6 Å². The highest BCUT2D eigenvalue weighted by atomic mass is 35.5. The molecule has 0 aliphatic rings. The summed E-state index contributed by atoms with van der Waals surface area (Å²) in [6.07, 6.45) is 0.396. The van der Waals surface area contributed by atoms with E-state index in [-0.39, 0.29) is 6.04 Å². The average Bonchev–Trinajstić information content (AvgIpc) is 2.21. The summed E-state index contributed by atoms with van der Waals surface area (Å²) in [5.41, 5.74) is 1.24. The fourth-order valence-corrected chi connectivity index (χ4v) is 1.33. The topological polar surface area (TPSA) is 59.6 Å². The molecular weight excluding hydrogens is 210 g/mol. The Morgan fingerprint density at radius 2 is 2.20 bits per heavy atom. The smallest absolute Gasteiger partial charge is 0.0992 e. The van der Waals surface area contributed by atoms with Gasteiger partial charge in [0.1, 0.15) is 0 Å². The number of hydrogen-bond acceptors (Lipinski definition) is 3. The Kier molecular flexibility index (Phi) is 3.97. The molecule has 0 spiro atoms. The molecule has 0 saturated heterocycles. The molecule has 0 aromatic heterocycles. The minimum Gasteiger partial charge on any atom is -0.380 e. The first-order valence-corrected chi connectivity index (χ1v) is 4.88. The molecule has 0 radical (unpaired) electrons. The van der Waals surface area contributed by atoms with Crippen molar-refractivity contribution in [3.8, 4) is 12.1 Å². The standard InChI is InChI=1S/C11H10ClN3/c1-8(4-5-13)15-11-6-9(7-14)2-3-10(11)12/h2-3,6,8,15H,4H2,1H3. The molecule has 0 saturated carbocycles. The van der Waals surface area contributed by atoms with Gasteiger partial charge in [0, 0.05) is 6.04 Å². The fraction of sp³-hybridized carbons (Fsp3) is 0.273. The van der Waals surface area contributed by atoms with Crippen LogP contribution in [0.2, 0.25) is 5.02 Å². The monoisotopic (exact) mass is 219 g/mol. The fourth-order valence-electron chi connectivity index (χ4n) is 1.16. The normalized spacial score (nSPS) is 11.2. The van der Waals surface area contributed by atoms with Gasteiger partial charge in [-0.3, -0.25) is 0 Å². The molecule has 0 heterocycles. The predicted molar refractivity (Wildman–Crippen MR) is 59.5 cm³/mol. The zero-order chi connectivity index (χ0) is 11.3. The van der Waals surface area contributed by atoms with Crippen LogP contribution in [0.4, 0.5) is 5.69 Å². The highest BCUT2D eigenvalue weighted by Crippen LogP contribution is 2.23. The molecule has 1 aromatic rings. The molecule has 15 heavy (non-hydrogen) atoms. The van der Waals surface area contributed by atoms with Crippen LogP contribution in [0.3, 0.4) is 0 Å². The van der Waals surface area contributed by atoms with Crippen molar-refractivity contribution < 1.29 is 0 Å². The molecule has 0 bridgehead atoms. The molecule has 1 N–H and O–H groups in total. The van der Waals surface area contributed by atoms with Gasteiger partial charge in [0.05, 0.1) is 34.8 Å². The first-order valence-electron chi connectivity index (χ1n) is 4.50. The van der Waals surface area contributed by atoms with E-state index in [0.29, 0.717) is 22.7 Å². The zero-order valence-electron chi connectivity index (χ0n) is 8.29. The highest BCUT2D eigenvalue weighted by Gasteiger charge is 2.05. The molecule has 1 unspecified atom stereocenters. The summed E-state index contributed by atoms with van der Waals surface area (Å²) in [7, 11) is 0. The van der Waals surface area contributed by atoms with Gasteiger partial charge >= 0.3 is 0 Å². The van der Waals surface area contributed by atoms with Crippen molar-refractivity contribution in [2.75, 3.05) is 5.32 Å².